The average molecular weight is 422 g/mol. The van der Waals surface area contributed by atoms with Crippen LogP contribution in [-0.4, -0.2) is 40.1 Å². The van der Waals surface area contributed by atoms with Crippen LogP contribution in [0.4, 0.5) is 10.6 Å². The average Bonchev–Trinajstić information content (AvgIpc) is 3.19. The Bertz CT molecular complexity index is 917. The lowest BCUT2D eigenvalue weighted by atomic mass is 9.91. The molecule has 6 heteroatoms. The number of amides is 2. The Kier molecular flexibility index (Phi) is 5.99. The number of ether oxygens (including phenoxy) is 1. The molecule has 1 aromatic carbocycles. The van der Waals surface area contributed by atoms with Crippen molar-refractivity contribution in [3.8, 4) is 0 Å². The molecule has 2 fully saturated rings. The molecule has 1 atom stereocenters. The predicted molar refractivity (Wildman–Crippen MR) is 120 cm³/mol. The van der Waals surface area contributed by atoms with Gasteiger partial charge in [-0.05, 0) is 76.6 Å². The molecule has 6 nitrogen and oxygen atoms in total. The molecule has 1 aromatic heterocycles. The van der Waals surface area contributed by atoms with Crippen LogP contribution in [-0.2, 0) is 4.74 Å². The molecule has 1 aliphatic carbocycles. The van der Waals surface area contributed by atoms with E-state index >= 15 is 0 Å². The summed E-state index contributed by atoms with van der Waals surface area (Å²) in [6, 6.07) is 13.4. The van der Waals surface area contributed by atoms with E-state index in [4.69, 9.17) is 4.74 Å². The zero-order valence-corrected chi connectivity index (χ0v) is 18.6. The fraction of sp³-hybridized carbons (Fsp3) is 0.480. The minimum atomic E-state index is -0.554. The van der Waals surface area contributed by atoms with Crippen molar-refractivity contribution < 1.29 is 14.3 Å². The topological polar surface area (TPSA) is 62.7 Å². The van der Waals surface area contributed by atoms with Crippen LogP contribution < -0.4 is 4.90 Å². The van der Waals surface area contributed by atoms with Crippen molar-refractivity contribution in [2.45, 2.75) is 70.6 Å². The van der Waals surface area contributed by atoms with Crippen LogP contribution in [0.5, 0.6) is 0 Å². The van der Waals surface area contributed by atoms with Gasteiger partial charge in [-0.15, -0.1) is 0 Å². The van der Waals surface area contributed by atoms with Crippen LogP contribution in [0.3, 0.4) is 0 Å². The van der Waals surface area contributed by atoms with Crippen molar-refractivity contribution in [1.82, 2.24) is 9.88 Å². The lowest BCUT2D eigenvalue weighted by molar-refractivity contribution is 0.0547. The van der Waals surface area contributed by atoms with E-state index in [1.54, 1.807) is 4.90 Å². The summed E-state index contributed by atoms with van der Waals surface area (Å²) in [6.45, 7) is 6.36. The number of hydrogen-bond acceptors (Lipinski definition) is 4. The van der Waals surface area contributed by atoms with Gasteiger partial charge in [-0.25, -0.2) is 9.78 Å². The smallest absolute Gasteiger partial charge is 0.416 e. The number of anilines is 1. The molecule has 0 N–H and O–H groups in total. The molecule has 4 rings (SSSR count). The third kappa shape index (κ3) is 4.73. The van der Waals surface area contributed by atoms with Crippen LogP contribution in [0.15, 0.2) is 48.7 Å². The molecule has 2 amide bonds. The molecule has 1 saturated carbocycles. The number of likely N-dealkylation sites (tertiary alicyclic amines) is 1. The van der Waals surface area contributed by atoms with E-state index in [1.165, 1.54) is 0 Å². The molecule has 164 valence electrons. The molecule has 1 unspecified atom stereocenters. The fourth-order valence-electron chi connectivity index (χ4n) is 4.23. The third-order valence-corrected chi connectivity index (χ3v) is 5.97. The molecule has 2 heterocycles. The van der Waals surface area contributed by atoms with Crippen molar-refractivity contribution >= 4 is 17.8 Å². The first-order valence-corrected chi connectivity index (χ1v) is 11.2. The molecule has 1 aliphatic heterocycles. The van der Waals surface area contributed by atoms with E-state index in [1.807, 2.05) is 74.3 Å². The second kappa shape index (κ2) is 8.69. The minimum Gasteiger partial charge on any atom is -0.443 e. The van der Waals surface area contributed by atoms with Crippen molar-refractivity contribution in [3.05, 3.63) is 59.8 Å². The van der Waals surface area contributed by atoms with Gasteiger partial charge in [0.05, 0.1) is 6.04 Å². The fourth-order valence-corrected chi connectivity index (χ4v) is 4.23. The van der Waals surface area contributed by atoms with E-state index < -0.39 is 5.60 Å². The molecule has 0 radical (unpaired) electrons. The van der Waals surface area contributed by atoms with Crippen LogP contribution in [0.1, 0.15) is 74.8 Å². The quantitative estimate of drug-likeness (QED) is 0.667. The number of benzene rings is 1. The number of nitrogens with zero attached hydrogens (tertiary/aromatic N) is 3. The lowest BCUT2D eigenvalue weighted by Crippen LogP contribution is -2.47. The Hall–Kier alpha value is -2.89. The van der Waals surface area contributed by atoms with Gasteiger partial charge in [0.2, 0.25) is 0 Å². The largest absolute Gasteiger partial charge is 0.443 e. The Morgan fingerprint density at radius 2 is 1.77 bits per heavy atom. The highest BCUT2D eigenvalue weighted by atomic mass is 16.6. The maximum atomic E-state index is 13.0. The van der Waals surface area contributed by atoms with E-state index in [0.29, 0.717) is 11.4 Å². The highest BCUT2D eigenvalue weighted by molar-refractivity contribution is 5.94. The highest BCUT2D eigenvalue weighted by Gasteiger charge is 2.35. The second-order valence-electron chi connectivity index (χ2n) is 9.41. The van der Waals surface area contributed by atoms with Crippen molar-refractivity contribution in [3.63, 3.8) is 0 Å². The molecule has 1 saturated heterocycles. The zero-order valence-electron chi connectivity index (χ0n) is 18.6. The molecular weight excluding hydrogens is 390 g/mol. The first kappa shape index (κ1) is 21.3. The van der Waals surface area contributed by atoms with Crippen molar-refractivity contribution in [1.29, 1.82) is 0 Å². The maximum absolute atomic E-state index is 13.0. The monoisotopic (exact) mass is 421 g/mol. The summed E-state index contributed by atoms with van der Waals surface area (Å²) in [5, 5.41) is 0. The number of hydrogen-bond donors (Lipinski definition) is 0. The van der Waals surface area contributed by atoms with Gasteiger partial charge in [-0.3, -0.25) is 9.69 Å². The van der Waals surface area contributed by atoms with Gasteiger partial charge < -0.3 is 9.64 Å². The molecule has 0 spiro atoms. The summed E-state index contributed by atoms with van der Waals surface area (Å²) in [4.78, 5) is 34.1. The number of pyridine rings is 1. The Balaban J connectivity index is 1.53. The Morgan fingerprint density at radius 1 is 1.03 bits per heavy atom. The van der Waals surface area contributed by atoms with E-state index in [0.717, 1.165) is 44.2 Å². The second-order valence-corrected chi connectivity index (χ2v) is 9.41. The van der Waals surface area contributed by atoms with Gasteiger partial charge in [-0.2, -0.15) is 0 Å². The molecule has 31 heavy (non-hydrogen) atoms. The van der Waals surface area contributed by atoms with Crippen LogP contribution in [0.2, 0.25) is 0 Å². The summed E-state index contributed by atoms with van der Waals surface area (Å²) in [5.74, 6) is 0.665. The summed E-state index contributed by atoms with van der Waals surface area (Å²) < 4.78 is 5.63. The predicted octanol–water partition coefficient (Wildman–Crippen LogP) is 5.35. The van der Waals surface area contributed by atoms with Crippen LogP contribution in [0.25, 0.3) is 0 Å². The lowest BCUT2D eigenvalue weighted by Gasteiger charge is -2.37. The molecule has 2 aliphatic rings. The van der Waals surface area contributed by atoms with Gasteiger partial charge >= 0.3 is 6.09 Å². The van der Waals surface area contributed by atoms with E-state index in [9.17, 15) is 9.59 Å². The van der Waals surface area contributed by atoms with E-state index in [2.05, 4.69) is 4.98 Å². The number of carbonyl (C=O) groups excluding carboxylic acids is 2. The van der Waals surface area contributed by atoms with Crippen LogP contribution >= 0.6 is 0 Å². The molecular formula is C25H31N3O3. The number of rotatable bonds is 4. The van der Waals surface area contributed by atoms with Crippen molar-refractivity contribution in [2.24, 2.45) is 0 Å². The molecule has 2 aromatic rings. The summed E-state index contributed by atoms with van der Waals surface area (Å²) in [5.41, 5.74) is 1.16. The number of carbonyl (C=O) groups is 2. The van der Waals surface area contributed by atoms with Crippen LogP contribution in [0, 0.1) is 0 Å². The van der Waals surface area contributed by atoms with Gasteiger partial charge in [0.25, 0.3) is 5.91 Å². The first-order valence-electron chi connectivity index (χ1n) is 11.2. The highest BCUT2D eigenvalue weighted by Crippen LogP contribution is 2.35. The summed E-state index contributed by atoms with van der Waals surface area (Å²) in [6.07, 6.45) is 6.39. The maximum Gasteiger partial charge on any atom is 0.416 e. The zero-order chi connectivity index (χ0) is 22.0. The van der Waals surface area contributed by atoms with Gasteiger partial charge in [0.15, 0.2) is 0 Å². The Morgan fingerprint density at radius 3 is 2.35 bits per heavy atom. The van der Waals surface area contributed by atoms with Gasteiger partial charge in [-0.1, -0.05) is 24.3 Å². The van der Waals surface area contributed by atoms with E-state index in [-0.39, 0.29) is 24.1 Å². The third-order valence-electron chi connectivity index (χ3n) is 5.97. The minimum absolute atomic E-state index is 0.00735. The summed E-state index contributed by atoms with van der Waals surface area (Å²) in [7, 11) is 0. The molecule has 0 bridgehead atoms. The standard InChI is InChI=1S/C25H31N3O3/c1-25(2,3)31-24(30)28(20-11-7-12-20)22-15-14-19(17-26-22)21-13-8-16-27(21)23(29)18-9-5-4-6-10-18/h4-6,9-10,14-15,17,20-21H,7-8,11-13,16H2,1-3H3. The Labute approximate surface area is 184 Å². The van der Waals surface area contributed by atoms with Gasteiger partial charge in [0, 0.05) is 24.3 Å². The number of aromatic nitrogens is 1. The van der Waals surface area contributed by atoms with Gasteiger partial charge in [0.1, 0.15) is 11.4 Å². The first-order chi connectivity index (χ1) is 14.8. The van der Waals surface area contributed by atoms with Crippen molar-refractivity contribution in [2.75, 3.05) is 11.4 Å². The summed E-state index contributed by atoms with van der Waals surface area (Å²) >= 11 is 0. The normalized spacial score (nSPS) is 19.1. The SMILES string of the molecule is CC(C)(C)OC(=O)N(c1ccc(C2CCCN2C(=O)c2ccccc2)cn1)C1CCC1.